The topological polar surface area (TPSA) is 52.6 Å². The predicted molar refractivity (Wildman–Crippen MR) is 251 cm³/mol. The van der Waals surface area contributed by atoms with Crippen molar-refractivity contribution < 1.29 is 17.7 Å². The first kappa shape index (κ1) is 32.6. The Morgan fingerprint density at radius 2 is 0.567 bits per heavy atom. The van der Waals surface area contributed by atoms with E-state index in [4.69, 9.17) is 17.7 Å². The third kappa shape index (κ3) is 4.71. The lowest BCUT2D eigenvalue weighted by Crippen LogP contribution is -1.76. The molecule has 0 N–H and O–H groups in total. The van der Waals surface area contributed by atoms with Gasteiger partial charge >= 0.3 is 0 Å². The van der Waals surface area contributed by atoms with Gasteiger partial charge in [-0.2, -0.15) is 0 Å². The molecular formula is C54H28O4S2. The number of thiophene rings is 2. The molecule has 8 aromatic carbocycles. The normalized spacial score (nSPS) is 12.3. The quantitative estimate of drug-likeness (QED) is 0.178. The van der Waals surface area contributed by atoms with Gasteiger partial charge in [-0.3, -0.25) is 0 Å². The molecule has 0 aliphatic carbocycles. The zero-order chi connectivity index (χ0) is 39.1. The Balaban J connectivity index is 0.806. The zero-order valence-corrected chi connectivity index (χ0v) is 33.2. The Morgan fingerprint density at radius 1 is 0.250 bits per heavy atom. The number of rotatable bonds is 4. The van der Waals surface area contributed by atoms with Gasteiger partial charge in [0, 0.05) is 62.2 Å². The first-order valence-corrected chi connectivity index (χ1v) is 21.6. The van der Waals surface area contributed by atoms with Crippen LogP contribution in [-0.2, 0) is 0 Å². The smallest absolute Gasteiger partial charge is 0.178 e. The lowest BCUT2D eigenvalue weighted by Gasteiger charge is -2.01. The summed E-state index contributed by atoms with van der Waals surface area (Å²) in [4.78, 5) is 2.47. The predicted octanol–water partition coefficient (Wildman–Crippen LogP) is 17.2. The molecule has 0 unspecified atom stereocenters. The van der Waals surface area contributed by atoms with Crippen LogP contribution < -0.4 is 0 Å². The van der Waals surface area contributed by atoms with Crippen LogP contribution in [0, 0.1) is 0 Å². The van der Waals surface area contributed by atoms with Crippen LogP contribution in [0.4, 0.5) is 0 Å². The second-order valence-electron chi connectivity index (χ2n) is 15.6. The van der Waals surface area contributed by atoms with Gasteiger partial charge in [-0.15, -0.1) is 22.7 Å². The minimum Gasteiger partial charge on any atom is -0.452 e. The van der Waals surface area contributed by atoms with E-state index in [0.717, 1.165) is 87.8 Å². The summed E-state index contributed by atoms with van der Waals surface area (Å²) in [5.74, 6) is 0. The summed E-state index contributed by atoms with van der Waals surface area (Å²) in [6.45, 7) is 0. The zero-order valence-electron chi connectivity index (χ0n) is 31.6. The SMILES string of the molecule is c1ccc(-c2ccc3oc4c(ccc5c6cc(-c7cc8sc(-c9ccc%10oc%11c(ccc%12c%13cc(-c%14ccccc%14)ccc%13oc%12%11)c%10c9)cc8s7)ccc6oc54)c3c2)cc1. The second kappa shape index (κ2) is 12.1. The summed E-state index contributed by atoms with van der Waals surface area (Å²) < 4.78 is 28.5. The molecule has 0 aliphatic rings. The van der Waals surface area contributed by atoms with Crippen molar-refractivity contribution in [3.63, 3.8) is 0 Å². The summed E-state index contributed by atoms with van der Waals surface area (Å²) in [7, 11) is 0. The molecule has 0 amide bonds. The Bertz CT molecular complexity index is 3770. The molecule has 0 fully saturated rings. The van der Waals surface area contributed by atoms with Crippen molar-refractivity contribution >= 4 is 120 Å². The van der Waals surface area contributed by atoms with Crippen molar-refractivity contribution in [1.82, 2.24) is 0 Å². The molecule has 60 heavy (non-hydrogen) atoms. The van der Waals surface area contributed by atoms with Gasteiger partial charge in [-0.05, 0) is 130 Å². The summed E-state index contributed by atoms with van der Waals surface area (Å²) in [5, 5.41) is 8.59. The average Bonchev–Trinajstić information content (AvgIpc) is 4.15. The minimum atomic E-state index is 0.788. The van der Waals surface area contributed by atoms with Gasteiger partial charge in [-0.25, -0.2) is 0 Å². The molecule has 6 aromatic heterocycles. The van der Waals surface area contributed by atoms with E-state index >= 15 is 0 Å². The van der Waals surface area contributed by atoms with Gasteiger partial charge in [0.2, 0.25) is 0 Å². The van der Waals surface area contributed by atoms with E-state index in [-0.39, 0.29) is 0 Å². The van der Waals surface area contributed by atoms with Crippen LogP contribution in [0.3, 0.4) is 0 Å². The standard InChI is InChI=1S/C54H28O4S2/c1-3-7-29(8-4-1)31-11-19-43-39(23-31)35-15-17-37-41-25-33(13-21-45(41)57-53(37)51(35)55-43)47-27-49-50(59-47)28-48(60-49)34-14-22-46-42(26-34)38-18-16-36-40-24-32(30-9-5-2-6-10-30)12-20-44(40)56-52(36)54(38)58-46/h1-28H. The van der Waals surface area contributed by atoms with Crippen LogP contribution >= 0.6 is 22.7 Å². The maximum atomic E-state index is 6.52. The van der Waals surface area contributed by atoms with Crippen LogP contribution in [0.2, 0.25) is 0 Å². The minimum absolute atomic E-state index is 0.788. The van der Waals surface area contributed by atoms with E-state index in [1.165, 1.54) is 52.5 Å². The highest BCUT2D eigenvalue weighted by atomic mass is 32.1. The fourth-order valence-corrected chi connectivity index (χ4v) is 11.6. The molecule has 14 aromatic rings. The lowest BCUT2D eigenvalue weighted by molar-refractivity contribution is 0.633. The number of hydrogen-bond donors (Lipinski definition) is 0. The van der Waals surface area contributed by atoms with E-state index in [1.54, 1.807) is 0 Å². The molecule has 4 nitrogen and oxygen atoms in total. The highest BCUT2D eigenvalue weighted by Crippen LogP contribution is 2.46. The van der Waals surface area contributed by atoms with E-state index in [1.807, 2.05) is 34.8 Å². The summed E-state index contributed by atoms with van der Waals surface area (Å²) in [6, 6.07) is 60.1. The van der Waals surface area contributed by atoms with Crippen molar-refractivity contribution in [3.05, 3.63) is 170 Å². The third-order valence-electron chi connectivity index (χ3n) is 12.1. The van der Waals surface area contributed by atoms with Crippen LogP contribution in [0.15, 0.2) is 188 Å². The number of furan rings is 4. The molecular weight excluding hydrogens is 777 g/mol. The summed E-state index contributed by atoms with van der Waals surface area (Å²) in [6.07, 6.45) is 0. The first-order chi connectivity index (χ1) is 29.7. The van der Waals surface area contributed by atoms with Gasteiger partial charge < -0.3 is 17.7 Å². The van der Waals surface area contributed by atoms with E-state index in [9.17, 15) is 0 Å². The van der Waals surface area contributed by atoms with Crippen molar-refractivity contribution in [2.24, 2.45) is 0 Å². The molecule has 6 heteroatoms. The Hall–Kier alpha value is -7.38. The van der Waals surface area contributed by atoms with Crippen LogP contribution in [0.1, 0.15) is 0 Å². The van der Waals surface area contributed by atoms with E-state index in [0.29, 0.717) is 0 Å². The van der Waals surface area contributed by atoms with Gasteiger partial charge in [0.1, 0.15) is 22.3 Å². The second-order valence-corrected chi connectivity index (χ2v) is 17.7. The van der Waals surface area contributed by atoms with Crippen molar-refractivity contribution in [1.29, 1.82) is 0 Å². The highest BCUT2D eigenvalue weighted by molar-refractivity contribution is 7.31. The summed E-state index contributed by atoms with van der Waals surface area (Å²) in [5.41, 5.74) is 13.6. The highest BCUT2D eigenvalue weighted by Gasteiger charge is 2.20. The van der Waals surface area contributed by atoms with Crippen molar-refractivity contribution in [2.75, 3.05) is 0 Å². The maximum Gasteiger partial charge on any atom is 0.178 e. The number of hydrogen-bond acceptors (Lipinski definition) is 6. The van der Waals surface area contributed by atoms with E-state index < -0.39 is 0 Å². The molecule has 0 bridgehead atoms. The van der Waals surface area contributed by atoms with Gasteiger partial charge in [-0.1, -0.05) is 72.8 Å². The molecule has 0 aliphatic heterocycles. The largest absolute Gasteiger partial charge is 0.452 e. The van der Waals surface area contributed by atoms with Gasteiger partial charge in [0.25, 0.3) is 0 Å². The number of fused-ring (bicyclic) bond motifs is 15. The first-order valence-electron chi connectivity index (χ1n) is 19.9. The molecule has 0 saturated carbocycles. The molecule has 0 radical (unpaired) electrons. The molecule has 0 atom stereocenters. The maximum absolute atomic E-state index is 6.52. The number of benzene rings is 8. The van der Waals surface area contributed by atoms with Gasteiger partial charge in [0.05, 0.1) is 0 Å². The van der Waals surface area contributed by atoms with E-state index in [2.05, 4.69) is 158 Å². The molecule has 6 heterocycles. The molecule has 0 saturated heterocycles. The van der Waals surface area contributed by atoms with Gasteiger partial charge in [0.15, 0.2) is 22.3 Å². The van der Waals surface area contributed by atoms with Crippen molar-refractivity contribution in [3.8, 4) is 43.1 Å². The molecule has 280 valence electrons. The summed E-state index contributed by atoms with van der Waals surface area (Å²) >= 11 is 3.66. The monoisotopic (exact) mass is 804 g/mol. The lowest BCUT2D eigenvalue weighted by atomic mass is 10.0. The Morgan fingerprint density at radius 3 is 0.917 bits per heavy atom. The van der Waals surface area contributed by atoms with Crippen LogP contribution in [0.25, 0.3) is 140 Å². The molecule has 0 spiro atoms. The van der Waals surface area contributed by atoms with Crippen LogP contribution in [-0.4, -0.2) is 0 Å². The van der Waals surface area contributed by atoms with Crippen molar-refractivity contribution in [2.45, 2.75) is 0 Å². The average molecular weight is 805 g/mol. The molecule has 14 rings (SSSR count). The fourth-order valence-electron chi connectivity index (χ4n) is 9.18. The third-order valence-corrected chi connectivity index (χ3v) is 14.5. The Labute approximate surface area is 348 Å². The van der Waals surface area contributed by atoms with Crippen LogP contribution in [0.5, 0.6) is 0 Å². The fraction of sp³-hybridized carbons (Fsp3) is 0. The Kier molecular flexibility index (Phi) is 6.56.